The average Bonchev–Trinajstić information content (AvgIpc) is 2.75. The van der Waals surface area contributed by atoms with Crippen molar-refractivity contribution in [1.29, 1.82) is 0 Å². The average molecular weight is 258 g/mol. The van der Waals surface area contributed by atoms with Crippen molar-refractivity contribution >= 4 is 5.91 Å². The first kappa shape index (κ1) is 13.3. The van der Waals surface area contributed by atoms with E-state index in [9.17, 15) is 4.79 Å². The van der Waals surface area contributed by atoms with Crippen LogP contribution in [0.5, 0.6) is 0 Å². The molecule has 2 aromatic rings. The smallest absolute Gasteiger partial charge is 0.220 e. The van der Waals surface area contributed by atoms with Gasteiger partial charge in [0.05, 0.1) is 5.69 Å². The summed E-state index contributed by atoms with van der Waals surface area (Å²) in [5, 5.41) is 9.94. The van der Waals surface area contributed by atoms with Crippen molar-refractivity contribution in [3.05, 3.63) is 47.0 Å². The molecule has 0 bridgehead atoms. The third kappa shape index (κ3) is 3.64. The predicted molar refractivity (Wildman–Crippen MR) is 72.5 cm³/mol. The third-order valence-electron chi connectivity index (χ3n) is 3.13. The molecule has 2 rings (SSSR count). The van der Waals surface area contributed by atoms with Gasteiger partial charge < -0.3 is 5.32 Å². The molecule has 5 nitrogen and oxygen atoms in total. The van der Waals surface area contributed by atoms with E-state index in [0.717, 1.165) is 28.9 Å². The van der Waals surface area contributed by atoms with Crippen LogP contribution in [-0.4, -0.2) is 21.1 Å². The Balaban J connectivity index is 1.79. The van der Waals surface area contributed by atoms with Gasteiger partial charge in [0, 0.05) is 36.6 Å². The molecule has 2 aromatic heterocycles. The third-order valence-corrected chi connectivity index (χ3v) is 3.13. The molecular formula is C14H18N4O. The minimum absolute atomic E-state index is 0.0526. The van der Waals surface area contributed by atoms with Crippen LogP contribution in [0, 0.1) is 13.8 Å². The van der Waals surface area contributed by atoms with Crippen LogP contribution in [0.1, 0.15) is 28.9 Å². The van der Waals surface area contributed by atoms with E-state index in [-0.39, 0.29) is 5.91 Å². The minimum atomic E-state index is 0.0526. The van der Waals surface area contributed by atoms with Gasteiger partial charge in [-0.3, -0.25) is 14.9 Å². The summed E-state index contributed by atoms with van der Waals surface area (Å²) >= 11 is 0. The number of pyridine rings is 1. The topological polar surface area (TPSA) is 70.7 Å². The Bertz CT molecular complexity index is 528. The second kappa shape index (κ2) is 6.13. The highest BCUT2D eigenvalue weighted by atomic mass is 16.1. The normalized spacial score (nSPS) is 10.4. The highest BCUT2D eigenvalue weighted by Gasteiger charge is 2.08. The molecule has 0 saturated heterocycles. The summed E-state index contributed by atoms with van der Waals surface area (Å²) in [5.41, 5.74) is 4.14. The lowest BCUT2D eigenvalue weighted by Crippen LogP contribution is -2.23. The van der Waals surface area contributed by atoms with Gasteiger partial charge in [-0.05, 0) is 38.0 Å². The number of carbonyl (C=O) groups excluding carboxylic acids is 1. The quantitative estimate of drug-likeness (QED) is 0.857. The zero-order chi connectivity index (χ0) is 13.7. The van der Waals surface area contributed by atoms with Gasteiger partial charge in [-0.2, -0.15) is 5.10 Å². The van der Waals surface area contributed by atoms with Crippen molar-refractivity contribution < 1.29 is 4.79 Å². The highest BCUT2D eigenvalue weighted by Crippen LogP contribution is 2.08. The zero-order valence-corrected chi connectivity index (χ0v) is 11.2. The number of carbonyl (C=O) groups is 1. The van der Waals surface area contributed by atoms with Gasteiger partial charge in [-0.15, -0.1) is 0 Å². The van der Waals surface area contributed by atoms with E-state index in [1.165, 1.54) is 0 Å². The molecule has 0 aliphatic heterocycles. The molecule has 0 aromatic carbocycles. The van der Waals surface area contributed by atoms with Crippen LogP contribution in [0.15, 0.2) is 24.5 Å². The van der Waals surface area contributed by atoms with Crippen molar-refractivity contribution in [2.45, 2.75) is 33.2 Å². The van der Waals surface area contributed by atoms with Crippen molar-refractivity contribution in [2.24, 2.45) is 0 Å². The summed E-state index contributed by atoms with van der Waals surface area (Å²) in [4.78, 5) is 15.7. The largest absolute Gasteiger partial charge is 0.352 e. The lowest BCUT2D eigenvalue weighted by Gasteiger charge is -2.05. The number of amides is 1. The standard InChI is InChI=1S/C14H18N4O/c1-10-13(11(2)18-17-10)9-16-14(19)4-3-12-5-7-15-8-6-12/h5-8H,3-4,9H2,1-2H3,(H,16,19)(H,17,18). The number of nitrogens with one attached hydrogen (secondary N) is 2. The van der Waals surface area contributed by atoms with E-state index in [2.05, 4.69) is 20.5 Å². The molecule has 100 valence electrons. The van der Waals surface area contributed by atoms with Crippen LogP contribution in [0.3, 0.4) is 0 Å². The summed E-state index contributed by atoms with van der Waals surface area (Å²) in [5.74, 6) is 0.0526. The van der Waals surface area contributed by atoms with Gasteiger partial charge in [0.25, 0.3) is 0 Å². The number of aromatic nitrogens is 3. The molecule has 0 aliphatic rings. The van der Waals surface area contributed by atoms with Crippen LogP contribution in [0.2, 0.25) is 0 Å². The molecule has 0 aliphatic carbocycles. The Morgan fingerprint density at radius 1 is 1.32 bits per heavy atom. The number of hydrogen-bond donors (Lipinski definition) is 2. The summed E-state index contributed by atoms with van der Waals surface area (Å²) in [6.45, 7) is 4.42. The Labute approximate surface area is 112 Å². The molecule has 0 atom stereocenters. The minimum Gasteiger partial charge on any atom is -0.352 e. The van der Waals surface area contributed by atoms with Gasteiger partial charge in [0.15, 0.2) is 0 Å². The number of H-pyrrole nitrogens is 1. The Kier molecular flexibility index (Phi) is 4.28. The van der Waals surface area contributed by atoms with E-state index < -0.39 is 0 Å². The van der Waals surface area contributed by atoms with E-state index >= 15 is 0 Å². The molecule has 0 spiro atoms. The van der Waals surface area contributed by atoms with Gasteiger partial charge >= 0.3 is 0 Å². The van der Waals surface area contributed by atoms with Gasteiger partial charge in [-0.25, -0.2) is 0 Å². The molecule has 1 amide bonds. The maximum Gasteiger partial charge on any atom is 0.220 e. The molecule has 19 heavy (non-hydrogen) atoms. The SMILES string of the molecule is Cc1n[nH]c(C)c1CNC(=O)CCc1ccncc1. The molecule has 0 radical (unpaired) electrons. The summed E-state index contributed by atoms with van der Waals surface area (Å²) in [6.07, 6.45) is 4.70. The zero-order valence-electron chi connectivity index (χ0n) is 11.2. The lowest BCUT2D eigenvalue weighted by molar-refractivity contribution is -0.121. The van der Waals surface area contributed by atoms with Crippen molar-refractivity contribution in [1.82, 2.24) is 20.5 Å². The Hall–Kier alpha value is -2.17. The van der Waals surface area contributed by atoms with Crippen LogP contribution < -0.4 is 5.32 Å². The first-order valence-corrected chi connectivity index (χ1v) is 6.33. The fourth-order valence-corrected chi connectivity index (χ4v) is 1.92. The fraction of sp³-hybridized carbons (Fsp3) is 0.357. The Morgan fingerprint density at radius 3 is 2.68 bits per heavy atom. The number of hydrogen-bond acceptors (Lipinski definition) is 3. The first-order chi connectivity index (χ1) is 9.16. The van der Waals surface area contributed by atoms with E-state index in [1.54, 1.807) is 12.4 Å². The summed E-state index contributed by atoms with van der Waals surface area (Å²) in [7, 11) is 0. The van der Waals surface area contributed by atoms with Crippen LogP contribution >= 0.6 is 0 Å². The lowest BCUT2D eigenvalue weighted by atomic mass is 10.1. The van der Waals surface area contributed by atoms with E-state index in [1.807, 2.05) is 26.0 Å². The number of aryl methyl sites for hydroxylation is 3. The molecule has 2 N–H and O–H groups in total. The fourth-order valence-electron chi connectivity index (χ4n) is 1.92. The maximum absolute atomic E-state index is 11.8. The predicted octanol–water partition coefficient (Wildman–Crippen LogP) is 1.67. The number of nitrogens with zero attached hydrogens (tertiary/aromatic N) is 2. The van der Waals surface area contributed by atoms with Crippen LogP contribution in [-0.2, 0) is 17.8 Å². The van der Waals surface area contributed by atoms with E-state index in [4.69, 9.17) is 0 Å². The van der Waals surface area contributed by atoms with Crippen molar-refractivity contribution in [2.75, 3.05) is 0 Å². The molecule has 2 heterocycles. The van der Waals surface area contributed by atoms with Gasteiger partial charge in [0.1, 0.15) is 0 Å². The van der Waals surface area contributed by atoms with Crippen LogP contribution in [0.4, 0.5) is 0 Å². The Morgan fingerprint density at radius 2 is 2.05 bits per heavy atom. The second-order valence-corrected chi connectivity index (χ2v) is 4.54. The highest BCUT2D eigenvalue weighted by molar-refractivity contribution is 5.76. The molecule has 0 saturated carbocycles. The summed E-state index contributed by atoms with van der Waals surface area (Å²) < 4.78 is 0. The summed E-state index contributed by atoms with van der Waals surface area (Å²) in [6, 6.07) is 3.86. The van der Waals surface area contributed by atoms with E-state index in [0.29, 0.717) is 13.0 Å². The number of rotatable bonds is 5. The molecule has 0 unspecified atom stereocenters. The monoisotopic (exact) mass is 258 g/mol. The first-order valence-electron chi connectivity index (χ1n) is 6.33. The van der Waals surface area contributed by atoms with Gasteiger partial charge in [0.2, 0.25) is 5.91 Å². The molecular weight excluding hydrogens is 240 g/mol. The molecule has 0 fully saturated rings. The van der Waals surface area contributed by atoms with Crippen molar-refractivity contribution in [3.63, 3.8) is 0 Å². The maximum atomic E-state index is 11.8. The number of aromatic amines is 1. The van der Waals surface area contributed by atoms with Crippen molar-refractivity contribution in [3.8, 4) is 0 Å². The molecule has 5 heteroatoms. The second-order valence-electron chi connectivity index (χ2n) is 4.54. The van der Waals surface area contributed by atoms with Crippen LogP contribution in [0.25, 0.3) is 0 Å². The van der Waals surface area contributed by atoms with Gasteiger partial charge in [-0.1, -0.05) is 0 Å².